The number of halogens is 1. The number of benzene rings is 1. The van der Waals surface area contributed by atoms with E-state index in [1.807, 2.05) is 0 Å². The summed E-state index contributed by atoms with van der Waals surface area (Å²) in [6, 6.07) is 8.55. The number of likely N-dealkylation sites (N-methyl/N-ethyl adjacent to an activating group) is 1. The molecule has 176 valence electrons. The predicted molar refractivity (Wildman–Crippen MR) is 141 cm³/mol. The third kappa shape index (κ3) is 8.18. The van der Waals surface area contributed by atoms with Crippen LogP contribution in [0, 0.1) is 6.92 Å². The molecular weight excluding hydrogens is 501 g/mol. The average molecular weight is 544 g/mol. The maximum absolute atomic E-state index is 6.10. The summed E-state index contributed by atoms with van der Waals surface area (Å²) in [7, 11) is 0. The number of hydrogen-bond donors (Lipinski definition) is 1. The molecule has 1 N–H and O–H groups in total. The standard InChI is InChI=1S/C24H41N5O.HI/c1-4-25-24(26-12-8-9-13-28-16-14-27(5-2)15-17-28)29-18-19-30-23(20-29)22-11-7-6-10-21(22)3;/h6-7,10-11,23H,4-5,8-9,12-20H2,1-3H3,(H,25,26);1H. The quantitative estimate of drug-likeness (QED) is 0.236. The summed E-state index contributed by atoms with van der Waals surface area (Å²) in [5.41, 5.74) is 2.59. The van der Waals surface area contributed by atoms with Crippen LogP contribution in [-0.2, 0) is 4.74 Å². The van der Waals surface area contributed by atoms with Crippen LogP contribution in [0.4, 0.5) is 0 Å². The van der Waals surface area contributed by atoms with E-state index in [9.17, 15) is 0 Å². The van der Waals surface area contributed by atoms with Crippen molar-refractivity contribution < 1.29 is 4.74 Å². The Morgan fingerprint density at radius 1 is 1.06 bits per heavy atom. The molecule has 6 nitrogen and oxygen atoms in total. The topological polar surface area (TPSA) is 43.3 Å². The number of hydrogen-bond acceptors (Lipinski definition) is 4. The molecule has 0 spiro atoms. The van der Waals surface area contributed by atoms with Crippen molar-refractivity contribution in [3.8, 4) is 0 Å². The van der Waals surface area contributed by atoms with Crippen molar-refractivity contribution >= 4 is 29.9 Å². The van der Waals surface area contributed by atoms with E-state index in [4.69, 9.17) is 9.73 Å². The zero-order valence-electron chi connectivity index (χ0n) is 19.7. The van der Waals surface area contributed by atoms with Crippen LogP contribution >= 0.6 is 24.0 Å². The smallest absolute Gasteiger partial charge is 0.194 e. The summed E-state index contributed by atoms with van der Waals surface area (Å²) in [5.74, 6) is 1.04. The number of unbranched alkanes of at least 4 members (excludes halogenated alkanes) is 1. The summed E-state index contributed by atoms with van der Waals surface area (Å²) >= 11 is 0. The summed E-state index contributed by atoms with van der Waals surface area (Å²) < 4.78 is 6.10. The van der Waals surface area contributed by atoms with E-state index in [1.54, 1.807) is 0 Å². The van der Waals surface area contributed by atoms with Gasteiger partial charge in [0.2, 0.25) is 0 Å². The number of morpholine rings is 1. The highest BCUT2D eigenvalue weighted by Crippen LogP contribution is 2.25. The second kappa shape index (κ2) is 14.3. The molecule has 0 bridgehead atoms. The van der Waals surface area contributed by atoms with E-state index in [2.05, 4.69) is 65.1 Å². The van der Waals surface area contributed by atoms with Crippen molar-refractivity contribution in [1.29, 1.82) is 0 Å². The highest BCUT2D eigenvalue weighted by Gasteiger charge is 2.25. The molecule has 3 rings (SSSR count). The monoisotopic (exact) mass is 543 g/mol. The molecule has 1 aromatic carbocycles. The first-order valence-electron chi connectivity index (χ1n) is 11.9. The SMILES string of the molecule is CCNC(=NCCCCN1CCN(CC)CC1)N1CCOC(c2ccccc2C)C1.I. The number of aryl methyl sites for hydroxylation is 1. The molecule has 2 aliphatic heterocycles. The molecule has 1 unspecified atom stereocenters. The van der Waals surface area contributed by atoms with Crippen molar-refractivity contribution in [1.82, 2.24) is 20.0 Å². The number of aliphatic imine (C=N–C) groups is 1. The van der Waals surface area contributed by atoms with Crippen molar-refractivity contribution in [3.05, 3.63) is 35.4 Å². The Morgan fingerprint density at radius 3 is 2.52 bits per heavy atom. The van der Waals surface area contributed by atoms with Crippen molar-refractivity contribution in [3.63, 3.8) is 0 Å². The third-order valence-electron chi connectivity index (χ3n) is 6.29. The molecule has 2 aliphatic rings. The average Bonchev–Trinajstić information content (AvgIpc) is 2.79. The third-order valence-corrected chi connectivity index (χ3v) is 6.29. The molecule has 0 aromatic heterocycles. The molecule has 7 heteroatoms. The molecular formula is C24H42IN5O. The van der Waals surface area contributed by atoms with Crippen LogP contribution in [0.15, 0.2) is 29.3 Å². The van der Waals surface area contributed by atoms with E-state index >= 15 is 0 Å². The molecule has 0 radical (unpaired) electrons. The number of guanidine groups is 1. The van der Waals surface area contributed by atoms with Crippen molar-refractivity contribution in [2.24, 2.45) is 4.99 Å². The summed E-state index contributed by atoms with van der Waals surface area (Å²) in [4.78, 5) is 12.5. The molecule has 0 amide bonds. The minimum absolute atomic E-state index is 0. The number of nitrogens with zero attached hydrogens (tertiary/aromatic N) is 4. The normalized spacial score (nSPS) is 21.1. The molecule has 31 heavy (non-hydrogen) atoms. The first-order valence-corrected chi connectivity index (χ1v) is 11.9. The van der Waals surface area contributed by atoms with Gasteiger partial charge in [-0.25, -0.2) is 0 Å². The van der Waals surface area contributed by atoms with Crippen LogP contribution in [0.25, 0.3) is 0 Å². The fraction of sp³-hybridized carbons (Fsp3) is 0.708. The van der Waals surface area contributed by atoms with Gasteiger partial charge in [-0.05, 0) is 50.9 Å². The first-order chi connectivity index (χ1) is 14.7. The van der Waals surface area contributed by atoms with Crippen LogP contribution in [0.2, 0.25) is 0 Å². The lowest BCUT2D eigenvalue weighted by molar-refractivity contribution is -0.00832. The first kappa shape index (κ1) is 26.4. The Hall–Kier alpha value is -0.900. The molecule has 2 saturated heterocycles. The lowest BCUT2D eigenvalue weighted by Crippen LogP contribution is -2.48. The van der Waals surface area contributed by atoms with Crippen molar-refractivity contribution in [2.75, 3.05) is 72.1 Å². The van der Waals surface area contributed by atoms with Gasteiger partial charge in [0.25, 0.3) is 0 Å². The van der Waals surface area contributed by atoms with E-state index < -0.39 is 0 Å². The highest BCUT2D eigenvalue weighted by atomic mass is 127. The number of nitrogens with one attached hydrogen (secondary N) is 1. The second-order valence-electron chi connectivity index (χ2n) is 8.38. The maximum Gasteiger partial charge on any atom is 0.194 e. The summed E-state index contributed by atoms with van der Waals surface area (Å²) in [6.07, 6.45) is 2.49. The second-order valence-corrected chi connectivity index (χ2v) is 8.38. The van der Waals surface area contributed by atoms with Crippen LogP contribution in [0.1, 0.15) is 43.9 Å². The van der Waals surface area contributed by atoms with Gasteiger partial charge in [0.05, 0.1) is 13.2 Å². The largest absolute Gasteiger partial charge is 0.370 e. The van der Waals surface area contributed by atoms with Gasteiger partial charge in [-0.1, -0.05) is 31.2 Å². The summed E-state index contributed by atoms with van der Waals surface area (Å²) in [5, 5.41) is 3.49. The fourth-order valence-electron chi connectivity index (χ4n) is 4.36. The van der Waals surface area contributed by atoms with Crippen LogP contribution in [-0.4, -0.2) is 92.7 Å². The summed E-state index contributed by atoms with van der Waals surface area (Å²) in [6.45, 7) is 18.1. The molecule has 2 heterocycles. The zero-order chi connectivity index (χ0) is 21.2. The van der Waals surface area contributed by atoms with Gasteiger partial charge in [-0.2, -0.15) is 0 Å². The molecule has 0 saturated carbocycles. The van der Waals surface area contributed by atoms with E-state index in [1.165, 1.54) is 56.8 Å². The predicted octanol–water partition coefficient (Wildman–Crippen LogP) is 3.37. The van der Waals surface area contributed by atoms with Gasteiger partial charge in [0.15, 0.2) is 5.96 Å². The Bertz CT molecular complexity index is 663. The molecule has 1 atom stereocenters. The lowest BCUT2D eigenvalue weighted by Gasteiger charge is -2.36. The van der Waals surface area contributed by atoms with Crippen LogP contribution in [0.3, 0.4) is 0 Å². The molecule has 0 aliphatic carbocycles. The Labute approximate surface area is 206 Å². The van der Waals surface area contributed by atoms with Gasteiger partial charge in [-0.3, -0.25) is 4.99 Å². The van der Waals surface area contributed by atoms with E-state index in [0.717, 1.165) is 45.2 Å². The van der Waals surface area contributed by atoms with E-state index in [0.29, 0.717) is 0 Å². The lowest BCUT2D eigenvalue weighted by atomic mass is 10.0. The van der Waals surface area contributed by atoms with Gasteiger partial charge in [0, 0.05) is 45.8 Å². The number of piperazine rings is 1. The van der Waals surface area contributed by atoms with Gasteiger partial charge in [-0.15, -0.1) is 24.0 Å². The van der Waals surface area contributed by atoms with Crippen molar-refractivity contribution in [2.45, 2.75) is 39.7 Å². The highest BCUT2D eigenvalue weighted by molar-refractivity contribution is 14.0. The Balaban J connectivity index is 0.00000341. The van der Waals surface area contributed by atoms with E-state index in [-0.39, 0.29) is 30.1 Å². The fourth-order valence-corrected chi connectivity index (χ4v) is 4.36. The molecule has 2 fully saturated rings. The minimum Gasteiger partial charge on any atom is -0.370 e. The number of ether oxygens (including phenoxy) is 1. The Kier molecular flexibility index (Phi) is 12.1. The van der Waals surface area contributed by atoms with Gasteiger partial charge < -0.3 is 24.8 Å². The number of rotatable bonds is 8. The van der Waals surface area contributed by atoms with Crippen LogP contribution in [0.5, 0.6) is 0 Å². The maximum atomic E-state index is 6.10. The van der Waals surface area contributed by atoms with Crippen LogP contribution < -0.4 is 5.32 Å². The Morgan fingerprint density at radius 2 is 1.81 bits per heavy atom. The zero-order valence-corrected chi connectivity index (χ0v) is 22.0. The minimum atomic E-state index is 0. The van der Waals surface area contributed by atoms with Gasteiger partial charge in [0.1, 0.15) is 6.10 Å². The van der Waals surface area contributed by atoms with Gasteiger partial charge >= 0.3 is 0 Å². The molecule has 1 aromatic rings.